The van der Waals surface area contributed by atoms with Gasteiger partial charge >= 0.3 is 0 Å². The van der Waals surface area contributed by atoms with E-state index in [9.17, 15) is 8.42 Å². The molecule has 0 bridgehead atoms. The Labute approximate surface area is 159 Å². The van der Waals surface area contributed by atoms with Gasteiger partial charge in [0.05, 0.1) is 4.90 Å². The van der Waals surface area contributed by atoms with Crippen LogP contribution in [0.2, 0.25) is 10.0 Å². The van der Waals surface area contributed by atoms with E-state index in [4.69, 9.17) is 23.2 Å². The molecule has 0 N–H and O–H groups in total. The summed E-state index contributed by atoms with van der Waals surface area (Å²) < 4.78 is 27.4. The van der Waals surface area contributed by atoms with Gasteiger partial charge in [-0.1, -0.05) is 40.9 Å². The molecule has 0 radical (unpaired) electrons. The van der Waals surface area contributed by atoms with Crippen molar-refractivity contribution < 1.29 is 8.42 Å². The Balaban J connectivity index is 1.77. The summed E-state index contributed by atoms with van der Waals surface area (Å²) in [4.78, 5) is 2.49. The van der Waals surface area contributed by atoms with Gasteiger partial charge in [0.2, 0.25) is 10.0 Å². The van der Waals surface area contributed by atoms with Crippen LogP contribution in [0, 0.1) is 13.8 Å². The lowest BCUT2D eigenvalue weighted by Gasteiger charge is -2.35. The minimum atomic E-state index is -3.48. The summed E-state index contributed by atoms with van der Waals surface area (Å²) in [5.74, 6) is 0. The molecule has 0 atom stereocenters. The number of hydrogen-bond acceptors (Lipinski definition) is 3. The number of sulfonamides is 1. The Morgan fingerprint density at radius 3 is 2.04 bits per heavy atom. The Hall–Kier alpha value is -1.27. The van der Waals surface area contributed by atoms with Crippen LogP contribution < -0.4 is 4.90 Å². The molecule has 25 heavy (non-hydrogen) atoms. The first-order valence-corrected chi connectivity index (χ1v) is 10.3. The number of nitrogens with zero attached hydrogens (tertiary/aromatic N) is 2. The normalized spacial score (nSPS) is 16.2. The highest BCUT2D eigenvalue weighted by Gasteiger charge is 2.29. The van der Waals surface area contributed by atoms with E-state index in [0.717, 1.165) is 16.8 Å². The predicted molar refractivity (Wildman–Crippen MR) is 103 cm³/mol. The molecule has 4 nitrogen and oxygen atoms in total. The minimum Gasteiger partial charge on any atom is -0.369 e. The summed E-state index contributed by atoms with van der Waals surface area (Å²) in [6.45, 7) is 5.85. The van der Waals surface area contributed by atoms with Crippen molar-refractivity contribution in [3.8, 4) is 0 Å². The van der Waals surface area contributed by atoms with Crippen molar-refractivity contribution >= 4 is 38.9 Å². The monoisotopic (exact) mass is 398 g/mol. The number of anilines is 1. The zero-order valence-corrected chi connectivity index (χ0v) is 16.5. The van der Waals surface area contributed by atoms with Crippen LogP contribution in [0.15, 0.2) is 41.3 Å². The fourth-order valence-corrected chi connectivity index (χ4v) is 5.28. The molecule has 0 amide bonds. The Morgan fingerprint density at radius 1 is 0.880 bits per heavy atom. The quantitative estimate of drug-likeness (QED) is 0.780. The van der Waals surface area contributed by atoms with Crippen LogP contribution in [0.3, 0.4) is 0 Å². The second-order valence-electron chi connectivity index (χ2n) is 6.29. The molecule has 2 aromatic carbocycles. The number of hydrogen-bond donors (Lipinski definition) is 0. The molecule has 1 heterocycles. The van der Waals surface area contributed by atoms with E-state index in [1.807, 2.05) is 38.1 Å². The van der Waals surface area contributed by atoms with E-state index >= 15 is 0 Å². The summed E-state index contributed by atoms with van der Waals surface area (Å²) in [5.41, 5.74) is 2.75. The van der Waals surface area contributed by atoms with Crippen molar-refractivity contribution in [3.63, 3.8) is 0 Å². The maximum absolute atomic E-state index is 12.9. The summed E-state index contributed by atoms with van der Waals surface area (Å²) in [6, 6.07) is 10.8. The zero-order chi connectivity index (χ0) is 18.2. The van der Waals surface area contributed by atoms with Gasteiger partial charge in [-0.3, -0.25) is 0 Å². The molecule has 2 aromatic rings. The second-order valence-corrected chi connectivity index (χ2v) is 9.07. The lowest BCUT2D eigenvalue weighted by molar-refractivity contribution is 0.384. The van der Waals surface area contributed by atoms with Gasteiger partial charge in [0.15, 0.2) is 0 Å². The minimum absolute atomic E-state index is 0.386. The highest BCUT2D eigenvalue weighted by molar-refractivity contribution is 7.89. The highest BCUT2D eigenvalue weighted by Crippen LogP contribution is 2.28. The number of rotatable bonds is 3. The summed E-state index contributed by atoms with van der Waals surface area (Å²) in [5, 5.41) is 1.15. The van der Waals surface area contributed by atoms with Crippen molar-refractivity contribution in [2.24, 2.45) is 0 Å². The Morgan fingerprint density at radius 2 is 1.48 bits per heavy atom. The van der Waals surface area contributed by atoms with Crippen LogP contribution >= 0.6 is 23.2 Å². The van der Waals surface area contributed by atoms with Crippen LogP contribution in [0.25, 0.3) is 0 Å². The largest absolute Gasteiger partial charge is 0.369 e. The van der Waals surface area contributed by atoms with E-state index in [1.54, 1.807) is 16.4 Å². The first-order chi connectivity index (χ1) is 11.8. The van der Waals surface area contributed by atoms with Crippen molar-refractivity contribution in [3.05, 3.63) is 57.6 Å². The number of halogens is 2. The first-order valence-electron chi connectivity index (χ1n) is 8.06. The first kappa shape index (κ1) is 18.5. The van der Waals surface area contributed by atoms with Crippen LogP contribution in [0.4, 0.5) is 5.69 Å². The van der Waals surface area contributed by atoms with Gasteiger partial charge < -0.3 is 4.90 Å². The average molecular weight is 399 g/mol. The van der Waals surface area contributed by atoms with Crippen LogP contribution in [-0.2, 0) is 10.0 Å². The topological polar surface area (TPSA) is 40.6 Å². The predicted octanol–water partition coefficient (Wildman–Crippen LogP) is 4.12. The van der Waals surface area contributed by atoms with E-state index in [2.05, 4.69) is 4.90 Å². The fourth-order valence-electron chi connectivity index (χ4n) is 3.14. The Bertz CT molecular complexity index is 872. The number of piperazine rings is 1. The van der Waals surface area contributed by atoms with Crippen molar-refractivity contribution in [1.82, 2.24) is 4.31 Å². The van der Waals surface area contributed by atoms with E-state index in [1.165, 1.54) is 0 Å². The molecule has 1 fully saturated rings. The summed E-state index contributed by atoms with van der Waals surface area (Å²) in [7, 11) is -3.48. The average Bonchev–Trinajstić information content (AvgIpc) is 2.53. The van der Waals surface area contributed by atoms with Crippen molar-refractivity contribution in [2.45, 2.75) is 18.7 Å². The highest BCUT2D eigenvalue weighted by atomic mass is 35.5. The lowest BCUT2D eigenvalue weighted by Crippen LogP contribution is -2.48. The molecule has 0 unspecified atom stereocenters. The molecule has 0 aliphatic carbocycles. The maximum atomic E-state index is 12.9. The van der Waals surface area contributed by atoms with E-state index in [0.29, 0.717) is 41.1 Å². The fraction of sp³-hybridized carbons (Fsp3) is 0.333. The third-order valence-electron chi connectivity index (χ3n) is 4.40. The zero-order valence-electron chi connectivity index (χ0n) is 14.2. The molecule has 134 valence electrons. The van der Waals surface area contributed by atoms with Gasteiger partial charge in [-0.05, 0) is 43.7 Å². The van der Waals surface area contributed by atoms with Crippen LogP contribution in [-0.4, -0.2) is 38.9 Å². The van der Waals surface area contributed by atoms with E-state index < -0.39 is 10.0 Å². The van der Waals surface area contributed by atoms with Crippen molar-refractivity contribution in [1.29, 1.82) is 0 Å². The van der Waals surface area contributed by atoms with Gasteiger partial charge in [0.1, 0.15) is 0 Å². The number of benzene rings is 2. The van der Waals surface area contributed by atoms with Gasteiger partial charge in [-0.15, -0.1) is 0 Å². The van der Waals surface area contributed by atoms with Gasteiger partial charge in [0.25, 0.3) is 0 Å². The molecule has 7 heteroatoms. The lowest BCUT2D eigenvalue weighted by atomic mass is 10.2. The second kappa shape index (κ2) is 7.16. The molecular weight excluding hydrogens is 379 g/mol. The van der Waals surface area contributed by atoms with Crippen LogP contribution in [0.1, 0.15) is 11.1 Å². The third kappa shape index (κ3) is 3.95. The molecular formula is C18H20Cl2N2O2S. The third-order valence-corrected chi connectivity index (χ3v) is 6.89. The summed E-state index contributed by atoms with van der Waals surface area (Å²) in [6.07, 6.45) is 0. The molecule has 0 saturated carbocycles. The van der Waals surface area contributed by atoms with Crippen LogP contribution in [0.5, 0.6) is 0 Å². The smallest absolute Gasteiger partial charge is 0.243 e. The van der Waals surface area contributed by atoms with Crippen molar-refractivity contribution in [2.75, 3.05) is 31.1 Å². The van der Waals surface area contributed by atoms with Gasteiger partial charge in [-0.2, -0.15) is 4.31 Å². The summed E-state index contributed by atoms with van der Waals surface area (Å²) >= 11 is 12.1. The SMILES string of the molecule is Cc1ccc(S(=O)(=O)N2CCN(c3cc(Cl)cc(Cl)c3)CC2)c(C)c1. The molecule has 3 rings (SSSR count). The maximum Gasteiger partial charge on any atom is 0.243 e. The van der Waals surface area contributed by atoms with E-state index in [-0.39, 0.29) is 0 Å². The number of aryl methyl sites for hydroxylation is 2. The molecule has 1 aliphatic rings. The Kier molecular flexibility index (Phi) is 5.30. The van der Waals surface area contributed by atoms with Gasteiger partial charge in [0, 0.05) is 41.9 Å². The standard InChI is InChI=1S/C18H20Cl2N2O2S/c1-13-3-4-18(14(2)9-13)25(23,24)22-7-5-21(6-8-22)17-11-15(19)10-16(20)12-17/h3-4,9-12H,5-8H2,1-2H3. The molecule has 0 aromatic heterocycles. The van der Waals surface area contributed by atoms with Gasteiger partial charge in [-0.25, -0.2) is 8.42 Å². The molecule has 0 spiro atoms. The molecule has 1 aliphatic heterocycles. The molecule has 1 saturated heterocycles.